The first-order valence-corrected chi connectivity index (χ1v) is 8.45. The Morgan fingerprint density at radius 3 is 2.92 bits per heavy atom. The molecule has 0 radical (unpaired) electrons. The maximum Gasteiger partial charge on any atom is 0.271 e. The summed E-state index contributed by atoms with van der Waals surface area (Å²) in [5, 5.41) is 6.64. The molecule has 7 nitrogen and oxygen atoms in total. The van der Waals surface area contributed by atoms with Crippen LogP contribution in [0.2, 0.25) is 5.02 Å². The van der Waals surface area contributed by atoms with Gasteiger partial charge in [-0.2, -0.15) is 0 Å². The molecule has 4 rings (SSSR count). The first-order valence-electron chi connectivity index (χ1n) is 8.07. The third-order valence-corrected chi connectivity index (χ3v) is 4.71. The van der Waals surface area contributed by atoms with Gasteiger partial charge in [0.15, 0.2) is 0 Å². The van der Waals surface area contributed by atoms with E-state index >= 15 is 0 Å². The monoisotopic (exact) mass is 356 g/mol. The highest BCUT2D eigenvalue weighted by Crippen LogP contribution is 2.36. The van der Waals surface area contributed by atoms with Crippen LogP contribution in [0, 0.1) is 0 Å². The molecule has 3 aromatic heterocycles. The fraction of sp³-hybridized carbons (Fsp3) is 0.294. The molecule has 0 aromatic carbocycles. The minimum Gasteiger partial charge on any atom is -0.373 e. The second-order valence-corrected chi connectivity index (χ2v) is 6.59. The zero-order chi connectivity index (χ0) is 17.4. The Kier molecular flexibility index (Phi) is 4.01. The van der Waals surface area contributed by atoms with Gasteiger partial charge in [0.1, 0.15) is 23.5 Å². The Bertz CT molecular complexity index is 934. The number of pyridine rings is 1. The number of carbonyl (C=O) groups excluding carboxylic acids is 1. The van der Waals surface area contributed by atoms with E-state index in [4.69, 9.17) is 11.6 Å². The molecule has 1 saturated carbocycles. The van der Waals surface area contributed by atoms with Gasteiger partial charge in [0.05, 0.1) is 5.02 Å². The minimum absolute atomic E-state index is 0.138. The number of anilines is 1. The van der Waals surface area contributed by atoms with Crippen LogP contribution < -0.4 is 10.6 Å². The van der Waals surface area contributed by atoms with Crippen molar-refractivity contribution in [1.82, 2.24) is 24.7 Å². The fourth-order valence-electron chi connectivity index (χ4n) is 3.04. The molecule has 0 saturated heterocycles. The molecule has 1 amide bonds. The molecule has 2 N–H and O–H groups in total. The van der Waals surface area contributed by atoms with Crippen molar-refractivity contribution < 1.29 is 4.79 Å². The number of aromatic nitrogens is 4. The Labute approximate surface area is 149 Å². The summed E-state index contributed by atoms with van der Waals surface area (Å²) in [4.78, 5) is 25.2. The largest absolute Gasteiger partial charge is 0.373 e. The van der Waals surface area contributed by atoms with Crippen molar-refractivity contribution in [3.8, 4) is 0 Å². The number of amides is 1. The molecule has 0 bridgehead atoms. The zero-order valence-corrected chi connectivity index (χ0v) is 14.4. The third kappa shape index (κ3) is 3.15. The average molecular weight is 357 g/mol. The summed E-state index contributed by atoms with van der Waals surface area (Å²) in [6.07, 6.45) is 6.72. The summed E-state index contributed by atoms with van der Waals surface area (Å²) >= 11 is 5.96. The van der Waals surface area contributed by atoms with E-state index in [1.54, 1.807) is 35.3 Å². The zero-order valence-electron chi connectivity index (χ0n) is 13.6. The van der Waals surface area contributed by atoms with E-state index in [2.05, 4.69) is 25.6 Å². The lowest BCUT2D eigenvalue weighted by Crippen LogP contribution is -2.43. The second-order valence-electron chi connectivity index (χ2n) is 6.16. The van der Waals surface area contributed by atoms with Crippen LogP contribution >= 0.6 is 11.6 Å². The van der Waals surface area contributed by atoms with Crippen LogP contribution in [0.25, 0.3) is 5.65 Å². The quantitative estimate of drug-likeness (QED) is 0.750. The summed E-state index contributed by atoms with van der Waals surface area (Å²) in [6, 6.07) is 5.63. The topological polar surface area (TPSA) is 84.2 Å². The standard InChI is InChI=1S/C17H17ClN6O/c1-19-15-6-13(20-9-21-15)10-4-12(5-10)22-17(25)14-8-24-7-11(18)2-3-16(24)23-14/h2-3,6-10,12H,4-5H2,1H3,(H,22,25)(H,19,20,21). The molecule has 0 unspecified atom stereocenters. The normalized spacial score (nSPS) is 19.4. The van der Waals surface area contributed by atoms with Crippen molar-refractivity contribution in [1.29, 1.82) is 0 Å². The van der Waals surface area contributed by atoms with Crippen molar-refractivity contribution in [2.75, 3.05) is 12.4 Å². The highest BCUT2D eigenvalue weighted by molar-refractivity contribution is 6.30. The fourth-order valence-corrected chi connectivity index (χ4v) is 3.21. The third-order valence-electron chi connectivity index (χ3n) is 4.48. The molecule has 0 aliphatic heterocycles. The number of hydrogen-bond acceptors (Lipinski definition) is 5. The number of fused-ring (bicyclic) bond motifs is 1. The van der Waals surface area contributed by atoms with Crippen molar-refractivity contribution in [3.63, 3.8) is 0 Å². The number of nitrogens with zero attached hydrogens (tertiary/aromatic N) is 4. The molecule has 0 atom stereocenters. The van der Waals surface area contributed by atoms with Crippen molar-refractivity contribution >= 4 is 29.0 Å². The summed E-state index contributed by atoms with van der Waals surface area (Å²) < 4.78 is 1.75. The van der Waals surface area contributed by atoms with Crippen LogP contribution in [0.3, 0.4) is 0 Å². The maximum absolute atomic E-state index is 12.4. The van der Waals surface area contributed by atoms with Gasteiger partial charge < -0.3 is 15.0 Å². The van der Waals surface area contributed by atoms with Gasteiger partial charge in [-0.25, -0.2) is 15.0 Å². The Morgan fingerprint density at radius 2 is 2.12 bits per heavy atom. The van der Waals surface area contributed by atoms with Gasteiger partial charge in [-0.1, -0.05) is 11.6 Å². The summed E-state index contributed by atoms with van der Waals surface area (Å²) in [6.45, 7) is 0. The summed E-state index contributed by atoms with van der Waals surface area (Å²) in [5.41, 5.74) is 2.10. The van der Waals surface area contributed by atoms with E-state index in [1.165, 1.54) is 0 Å². The van der Waals surface area contributed by atoms with Gasteiger partial charge in [0.2, 0.25) is 0 Å². The van der Waals surface area contributed by atoms with Gasteiger partial charge in [-0.3, -0.25) is 4.79 Å². The number of hydrogen-bond donors (Lipinski definition) is 2. The van der Waals surface area contributed by atoms with Gasteiger partial charge in [-0.05, 0) is 25.0 Å². The van der Waals surface area contributed by atoms with E-state index in [-0.39, 0.29) is 11.9 Å². The lowest BCUT2D eigenvalue weighted by molar-refractivity contribution is 0.0903. The smallest absolute Gasteiger partial charge is 0.271 e. The van der Waals surface area contributed by atoms with E-state index in [0.29, 0.717) is 22.3 Å². The minimum atomic E-state index is -0.165. The van der Waals surface area contributed by atoms with Gasteiger partial charge >= 0.3 is 0 Å². The number of carbonyl (C=O) groups is 1. The van der Waals surface area contributed by atoms with Gasteiger partial charge in [0.25, 0.3) is 5.91 Å². The molecular formula is C17H17ClN6O. The van der Waals surface area contributed by atoms with Crippen LogP contribution in [0.5, 0.6) is 0 Å². The molecule has 25 heavy (non-hydrogen) atoms. The predicted molar refractivity (Wildman–Crippen MR) is 95.0 cm³/mol. The summed E-state index contributed by atoms with van der Waals surface area (Å²) in [7, 11) is 1.83. The van der Waals surface area contributed by atoms with Crippen LogP contribution in [0.4, 0.5) is 5.82 Å². The highest BCUT2D eigenvalue weighted by atomic mass is 35.5. The van der Waals surface area contributed by atoms with Crippen LogP contribution in [-0.2, 0) is 0 Å². The van der Waals surface area contributed by atoms with Crippen molar-refractivity contribution in [2.24, 2.45) is 0 Å². The predicted octanol–water partition coefficient (Wildman–Crippen LogP) is 2.50. The van der Waals surface area contributed by atoms with E-state index in [9.17, 15) is 4.79 Å². The van der Waals surface area contributed by atoms with Crippen LogP contribution in [-0.4, -0.2) is 38.3 Å². The lowest BCUT2D eigenvalue weighted by atomic mass is 9.78. The molecule has 0 spiro atoms. The number of imidazole rings is 1. The number of rotatable bonds is 4. The Morgan fingerprint density at radius 1 is 1.28 bits per heavy atom. The molecule has 128 valence electrons. The molecule has 3 aromatic rings. The Hall–Kier alpha value is -2.67. The molecule has 1 aliphatic rings. The first kappa shape index (κ1) is 15.8. The molecule has 8 heteroatoms. The molecular weight excluding hydrogens is 340 g/mol. The molecule has 3 heterocycles. The van der Waals surface area contributed by atoms with Gasteiger partial charge in [-0.15, -0.1) is 0 Å². The van der Waals surface area contributed by atoms with Crippen molar-refractivity contribution in [2.45, 2.75) is 24.8 Å². The Balaban J connectivity index is 1.39. The summed E-state index contributed by atoms with van der Waals surface area (Å²) in [5.74, 6) is 0.989. The van der Waals surface area contributed by atoms with Crippen LogP contribution in [0.1, 0.15) is 34.9 Å². The molecule has 1 fully saturated rings. The van der Waals surface area contributed by atoms with E-state index in [1.807, 2.05) is 13.1 Å². The molecule has 1 aliphatic carbocycles. The van der Waals surface area contributed by atoms with Gasteiger partial charge in [0, 0.05) is 43.2 Å². The number of nitrogens with one attached hydrogen (secondary N) is 2. The SMILES string of the molecule is CNc1cc(C2CC(NC(=O)c3cn4cc(Cl)ccc4n3)C2)ncn1. The van der Waals surface area contributed by atoms with Crippen molar-refractivity contribution in [3.05, 3.63) is 53.3 Å². The highest BCUT2D eigenvalue weighted by Gasteiger charge is 2.33. The van der Waals surface area contributed by atoms with E-state index < -0.39 is 0 Å². The number of halogens is 1. The lowest BCUT2D eigenvalue weighted by Gasteiger charge is -2.35. The van der Waals surface area contributed by atoms with E-state index in [0.717, 1.165) is 24.4 Å². The average Bonchev–Trinajstić information content (AvgIpc) is 3.00. The maximum atomic E-state index is 12.4. The second kappa shape index (κ2) is 6.33. The van der Waals surface area contributed by atoms with Crippen LogP contribution in [0.15, 0.2) is 36.9 Å². The first-order chi connectivity index (χ1) is 12.1.